The molecule has 6 rings (SSSR count). The van der Waals surface area contributed by atoms with Crippen LogP contribution in [0.4, 0.5) is 0 Å². The topological polar surface area (TPSA) is 75.1 Å². The number of nitrogens with one attached hydrogen (secondary N) is 1. The summed E-state index contributed by atoms with van der Waals surface area (Å²) in [6.45, 7) is 2.73. The standard InChI is InChI=1S/C20H25N3O2S/c1-2-18-6-14-7-19(10-18,12-20(25,8-14)11-18)17(24)21-9-13-3-4-15-16(5-13)23-26-22-15/h3-5,14,25H,2,6-12H2,1H3,(H,21,24)/t14-,18+,19-,20-/m1/s1. The first-order chi connectivity index (χ1) is 12.4. The molecule has 26 heavy (non-hydrogen) atoms. The molecule has 4 aliphatic carbocycles. The van der Waals surface area contributed by atoms with Gasteiger partial charge in [0.15, 0.2) is 0 Å². The van der Waals surface area contributed by atoms with Gasteiger partial charge in [0.2, 0.25) is 5.91 Å². The molecule has 2 N–H and O–H groups in total. The second-order valence-corrected chi connectivity index (χ2v) is 9.67. The van der Waals surface area contributed by atoms with E-state index in [0.29, 0.717) is 18.9 Å². The van der Waals surface area contributed by atoms with E-state index in [2.05, 4.69) is 21.0 Å². The van der Waals surface area contributed by atoms with Gasteiger partial charge >= 0.3 is 0 Å². The zero-order chi connectivity index (χ0) is 18.0. The third-order valence-corrected chi connectivity index (χ3v) is 7.71. The molecule has 1 aromatic heterocycles. The highest BCUT2D eigenvalue weighted by atomic mass is 32.1. The Morgan fingerprint density at radius 3 is 2.88 bits per heavy atom. The molecule has 1 amide bonds. The Labute approximate surface area is 157 Å². The Balaban J connectivity index is 1.36. The SMILES string of the molecule is CC[C@@]12C[C@H]3C[C@@](O)(C1)C[C@@](C(=O)NCc1ccc4nsnc4c1)(C3)C2. The summed E-state index contributed by atoms with van der Waals surface area (Å²) in [4.78, 5) is 13.2. The quantitative estimate of drug-likeness (QED) is 0.863. The second kappa shape index (κ2) is 5.49. The lowest BCUT2D eigenvalue weighted by molar-refractivity contribution is -0.204. The minimum atomic E-state index is -0.627. The van der Waals surface area contributed by atoms with Crippen LogP contribution in [0.5, 0.6) is 0 Å². The summed E-state index contributed by atoms with van der Waals surface area (Å²) < 4.78 is 8.50. The van der Waals surface area contributed by atoms with Gasteiger partial charge in [0.05, 0.1) is 22.7 Å². The zero-order valence-corrected chi connectivity index (χ0v) is 15.9. The van der Waals surface area contributed by atoms with Crippen molar-refractivity contribution in [1.29, 1.82) is 0 Å². The first-order valence-electron chi connectivity index (χ1n) is 9.65. The van der Waals surface area contributed by atoms with Crippen molar-refractivity contribution in [1.82, 2.24) is 14.1 Å². The molecule has 1 heterocycles. The number of carbonyl (C=O) groups excluding carboxylic acids is 1. The van der Waals surface area contributed by atoms with Gasteiger partial charge in [-0.3, -0.25) is 4.79 Å². The van der Waals surface area contributed by atoms with Crippen molar-refractivity contribution in [2.24, 2.45) is 16.7 Å². The molecule has 0 unspecified atom stereocenters. The maximum Gasteiger partial charge on any atom is 0.226 e. The Hall–Kier alpha value is -1.53. The van der Waals surface area contributed by atoms with E-state index < -0.39 is 5.60 Å². The molecule has 0 spiro atoms. The van der Waals surface area contributed by atoms with Crippen LogP contribution in [0.1, 0.15) is 57.4 Å². The van der Waals surface area contributed by atoms with Crippen LogP contribution < -0.4 is 5.32 Å². The number of hydrogen-bond acceptors (Lipinski definition) is 5. The molecule has 4 fully saturated rings. The fourth-order valence-electron chi connectivity index (χ4n) is 6.54. The highest BCUT2D eigenvalue weighted by Gasteiger charge is 2.64. The largest absolute Gasteiger partial charge is 0.390 e. The first-order valence-corrected chi connectivity index (χ1v) is 10.4. The average molecular weight is 372 g/mol. The average Bonchev–Trinajstić information content (AvgIpc) is 3.05. The van der Waals surface area contributed by atoms with Crippen LogP contribution in [0.15, 0.2) is 18.2 Å². The molecule has 4 atom stereocenters. The molecule has 6 heteroatoms. The molecule has 2 aromatic rings. The molecule has 0 radical (unpaired) electrons. The number of rotatable bonds is 4. The van der Waals surface area contributed by atoms with E-state index in [-0.39, 0.29) is 16.7 Å². The van der Waals surface area contributed by atoms with Crippen LogP contribution >= 0.6 is 11.7 Å². The summed E-state index contributed by atoms with van der Waals surface area (Å²) >= 11 is 1.21. The number of fused-ring (bicyclic) bond motifs is 1. The van der Waals surface area contributed by atoms with Crippen molar-refractivity contribution in [3.8, 4) is 0 Å². The number of amides is 1. The van der Waals surface area contributed by atoms with E-state index in [9.17, 15) is 9.90 Å². The summed E-state index contributed by atoms with van der Waals surface area (Å²) in [6, 6.07) is 5.96. The molecule has 4 bridgehead atoms. The molecule has 0 aliphatic heterocycles. The van der Waals surface area contributed by atoms with Crippen molar-refractivity contribution < 1.29 is 9.90 Å². The number of aromatic nitrogens is 2. The fourth-order valence-corrected chi connectivity index (χ4v) is 7.06. The second-order valence-electron chi connectivity index (χ2n) is 9.14. The lowest BCUT2D eigenvalue weighted by Gasteiger charge is -2.64. The van der Waals surface area contributed by atoms with E-state index in [0.717, 1.165) is 48.7 Å². The molecule has 138 valence electrons. The summed E-state index contributed by atoms with van der Waals surface area (Å²) in [7, 11) is 0. The maximum atomic E-state index is 13.2. The maximum absolute atomic E-state index is 13.2. The van der Waals surface area contributed by atoms with Gasteiger partial charge in [-0.25, -0.2) is 0 Å². The molecular formula is C20H25N3O2S. The number of aliphatic hydroxyl groups is 1. The highest BCUT2D eigenvalue weighted by Crippen LogP contribution is 2.67. The van der Waals surface area contributed by atoms with Crippen LogP contribution in [-0.4, -0.2) is 25.4 Å². The van der Waals surface area contributed by atoms with Gasteiger partial charge in [-0.05, 0) is 67.6 Å². The number of nitrogens with zero attached hydrogens (tertiary/aromatic N) is 2. The van der Waals surface area contributed by atoms with Crippen LogP contribution in [0, 0.1) is 16.7 Å². The van der Waals surface area contributed by atoms with E-state index in [4.69, 9.17) is 0 Å². The number of carbonyl (C=O) groups is 1. The van der Waals surface area contributed by atoms with Crippen molar-refractivity contribution in [2.75, 3.05) is 0 Å². The molecule has 0 saturated heterocycles. The summed E-state index contributed by atoms with van der Waals surface area (Å²) in [5.74, 6) is 0.633. The van der Waals surface area contributed by atoms with Crippen LogP contribution in [-0.2, 0) is 11.3 Å². The Morgan fingerprint density at radius 2 is 2.08 bits per heavy atom. The highest BCUT2D eigenvalue weighted by molar-refractivity contribution is 7.00. The molecule has 5 nitrogen and oxygen atoms in total. The summed E-state index contributed by atoms with van der Waals surface area (Å²) in [6.07, 6.45) is 6.54. The number of hydrogen-bond donors (Lipinski definition) is 2. The lowest BCUT2D eigenvalue weighted by Crippen LogP contribution is -2.63. The Bertz CT molecular complexity index is 883. The van der Waals surface area contributed by atoms with Crippen LogP contribution in [0.3, 0.4) is 0 Å². The van der Waals surface area contributed by atoms with E-state index in [1.807, 2.05) is 18.2 Å². The Kier molecular flexibility index (Phi) is 3.51. The van der Waals surface area contributed by atoms with Crippen molar-refractivity contribution in [3.05, 3.63) is 23.8 Å². The monoisotopic (exact) mass is 371 g/mol. The normalized spacial score (nSPS) is 38.0. The third kappa shape index (κ3) is 2.49. The van der Waals surface area contributed by atoms with Gasteiger partial charge in [0.25, 0.3) is 0 Å². The van der Waals surface area contributed by atoms with Gasteiger partial charge in [-0.2, -0.15) is 8.75 Å². The minimum Gasteiger partial charge on any atom is -0.390 e. The Morgan fingerprint density at radius 1 is 1.23 bits per heavy atom. The van der Waals surface area contributed by atoms with Crippen LogP contribution in [0.25, 0.3) is 11.0 Å². The van der Waals surface area contributed by atoms with Crippen molar-refractivity contribution >= 4 is 28.7 Å². The van der Waals surface area contributed by atoms with E-state index in [1.165, 1.54) is 18.1 Å². The van der Waals surface area contributed by atoms with Gasteiger partial charge in [0, 0.05) is 6.54 Å². The van der Waals surface area contributed by atoms with Gasteiger partial charge < -0.3 is 10.4 Å². The van der Waals surface area contributed by atoms with E-state index >= 15 is 0 Å². The molecular weight excluding hydrogens is 346 g/mol. The number of benzene rings is 1. The van der Waals surface area contributed by atoms with Gasteiger partial charge in [-0.15, -0.1) is 0 Å². The predicted molar refractivity (Wildman–Crippen MR) is 101 cm³/mol. The lowest BCUT2D eigenvalue weighted by atomic mass is 9.42. The van der Waals surface area contributed by atoms with Gasteiger partial charge in [-0.1, -0.05) is 19.4 Å². The summed E-state index contributed by atoms with van der Waals surface area (Å²) in [5.41, 5.74) is 1.99. The first kappa shape index (κ1) is 16.6. The third-order valence-electron chi connectivity index (χ3n) is 7.16. The van der Waals surface area contributed by atoms with Crippen LogP contribution in [0.2, 0.25) is 0 Å². The smallest absolute Gasteiger partial charge is 0.226 e. The van der Waals surface area contributed by atoms with Crippen molar-refractivity contribution in [2.45, 2.75) is 64.0 Å². The fraction of sp³-hybridized carbons (Fsp3) is 0.650. The van der Waals surface area contributed by atoms with Gasteiger partial charge in [0.1, 0.15) is 11.0 Å². The zero-order valence-electron chi connectivity index (χ0n) is 15.1. The molecule has 1 aromatic carbocycles. The summed E-state index contributed by atoms with van der Waals surface area (Å²) in [5, 5.41) is 14.3. The molecule has 4 aliphatic rings. The van der Waals surface area contributed by atoms with Crippen molar-refractivity contribution in [3.63, 3.8) is 0 Å². The minimum absolute atomic E-state index is 0.134. The predicted octanol–water partition coefficient (Wildman–Crippen LogP) is 3.42. The molecule has 4 saturated carbocycles. The van der Waals surface area contributed by atoms with E-state index in [1.54, 1.807) is 0 Å².